The lowest BCUT2D eigenvalue weighted by Gasteiger charge is -2.06. The fourth-order valence-electron chi connectivity index (χ4n) is 1.81. The Morgan fingerprint density at radius 3 is 2.43 bits per heavy atom. The molecule has 21 heavy (non-hydrogen) atoms. The highest BCUT2D eigenvalue weighted by molar-refractivity contribution is 6.02. The Bertz CT molecular complexity index is 691. The van der Waals surface area contributed by atoms with Crippen molar-refractivity contribution in [3.8, 4) is 11.5 Å². The molecule has 1 amide bonds. The molecule has 0 aromatic heterocycles. The van der Waals surface area contributed by atoms with E-state index in [1.54, 1.807) is 25.1 Å². The van der Waals surface area contributed by atoms with Gasteiger partial charge in [0, 0.05) is 11.1 Å². The van der Waals surface area contributed by atoms with Gasteiger partial charge >= 0.3 is 0 Å². The van der Waals surface area contributed by atoms with E-state index in [4.69, 9.17) is 0 Å². The third-order valence-electron chi connectivity index (χ3n) is 3.00. The molecule has 0 unspecified atom stereocenters. The Balaban J connectivity index is 2.14. The third-order valence-corrected chi connectivity index (χ3v) is 3.00. The van der Waals surface area contributed by atoms with Gasteiger partial charge < -0.3 is 10.2 Å². The molecular weight excluding hydrogens is 268 g/mol. The summed E-state index contributed by atoms with van der Waals surface area (Å²) in [6.07, 6.45) is 0. The smallest absolute Gasteiger partial charge is 0.271 e. The molecule has 5 heteroatoms. The summed E-state index contributed by atoms with van der Waals surface area (Å²) in [4.78, 5) is 11.9. The maximum atomic E-state index is 11.9. The van der Waals surface area contributed by atoms with Gasteiger partial charge in [-0.05, 0) is 50.2 Å². The first kappa shape index (κ1) is 14.6. The molecule has 0 saturated carbocycles. The standard InChI is InChI=1S/C16H16N2O3/c1-10-3-8-15(20)14(9-10)11(2)17-18-16(21)12-4-6-13(19)7-5-12/h3-9,19-20H,1-2H3,(H,18,21)/b17-11+. The molecule has 0 atom stereocenters. The number of phenolic OH excluding ortho intramolecular Hbond substituents is 2. The van der Waals surface area contributed by atoms with Crippen LogP contribution >= 0.6 is 0 Å². The summed E-state index contributed by atoms with van der Waals surface area (Å²) in [7, 11) is 0. The van der Waals surface area contributed by atoms with Crippen molar-refractivity contribution < 1.29 is 15.0 Å². The van der Waals surface area contributed by atoms with Crippen LogP contribution in [0.15, 0.2) is 47.6 Å². The molecule has 0 bridgehead atoms. The SMILES string of the molecule is C/C(=N\NC(=O)c1ccc(O)cc1)c1cc(C)ccc1O. The molecule has 3 N–H and O–H groups in total. The highest BCUT2D eigenvalue weighted by Crippen LogP contribution is 2.18. The number of hydrogen-bond acceptors (Lipinski definition) is 4. The highest BCUT2D eigenvalue weighted by atomic mass is 16.3. The molecule has 0 spiro atoms. The van der Waals surface area contributed by atoms with Gasteiger partial charge in [0.05, 0.1) is 5.71 Å². The number of aromatic hydroxyl groups is 2. The number of aryl methyl sites for hydroxylation is 1. The monoisotopic (exact) mass is 284 g/mol. The second-order valence-electron chi connectivity index (χ2n) is 4.71. The normalized spacial score (nSPS) is 11.2. The zero-order chi connectivity index (χ0) is 15.4. The number of benzene rings is 2. The molecule has 0 fully saturated rings. The molecule has 0 aliphatic rings. The van der Waals surface area contributed by atoms with Gasteiger partial charge in [0.2, 0.25) is 0 Å². The van der Waals surface area contributed by atoms with E-state index in [9.17, 15) is 15.0 Å². The van der Waals surface area contributed by atoms with Gasteiger partial charge in [-0.2, -0.15) is 5.10 Å². The molecule has 0 heterocycles. The Kier molecular flexibility index (Phi) is 4.23. The largest absolute Gasteiger partial charge is 0.508 e. The van der Waals surface area contributed by atoms with E-state index in [-0.39, 0.29) is 17.4 Å². The fourth-order valence-corrected chi connectivity index (χ4v) is 1.81. The van der Waals surface area contributed by atoms with Crippen molar-refractivity contribution in [1.82, 2.24) is 5.43 Å². The summed E-state index contributed by atoms with van der Waals surface area (Å²) in [6.45, 7) is 3.61. The number of hydrogen-bond donors (Lipinski definition) is 3. The van der Waals surface area contributed by atoms with Gasteiger partial charge in [-0.3, -0.25) is 4.79 Å². The molecule has 0 aliphatic carbocycles. The molecular formula is C16H16N2O3. The second kappa shape index (κ2) is 6.09. The van der Waals surface area contributed by atoms with Crippen LogP contribution in [0, 0.1) is 6.92 Å². The average Bonchev–Trinajstić information content (AvgIpc) is 2.47. The van der Waals surface area contributed by atoms with Gasteiger partial charge in [-0.15, -0.1) is 0 Å². The van der Waals surface area contributed by atoms with Crippen molar-refractivity contribution in [2.75, 3.05) is 0 Å². The lowest BCUT2D eigenvalue weighted by Crippen LogP contribution is -2.19. The van der Waals surface area contributed by atoms with Gasteiger partial charge in [-0.25, -0.2) is 5.43 Å². The summed E-state index contributed by atoms with van der Waals surface area (Å²) in [5.74, 6) is -0.182. The summed E-state index contributed by atoms with van der Waals surface area (Å²) in [5.41, 5.74) is 4.87. The first-order valence-corrected chi connectivity index (χ1v) is 6.41. The minimum Gasteiger partial charge on any atom is -0.508 e. The fraction of sp³-hybridized carbons (Fsp3) is 0.125. The molecule has 2 rings (SSSR count). The first-order valence-electron chi connectivity index (χ1n) is 6.41. The molecule has 0 saturated heterocycles. The molecule has 0 radical (unpaired) electrons. The lowest BCUT2D eigenvalue weighted by atomic mass is 10.1. The van der Waals surface area contributed by atoms with Crippen molar-refractivity contribution in [3.05, 3.63) is 59.2 Å². The minimum absolute atomic E-state index is 0.0934. The minimum atomic E-state index is -0.388. The second-order valence-corrected chi connectivity index (χ2v) is 4.71. The van der Waals surface area contributed by atoms with Crippen LogP contribution in [0.3, 0.4) is 0 Å². The van der Waals surface area contributed by atoms with Crippen molar-refractivity contribution in [1.29, 1.82) is 0 Å². The van der Waals surface area contributed by atoms with E-state index in [0.717, 1.165) is 5.56 Å². The Morgan fingerprint density at radius 1 is 1.10 bits per heavy atom. The number of rotatable bonds is 3. The summed E-state index contributed by atoms with van der Waals surface area (Å²) >= 11 is 0. The summed E-state index contributed by atoms with van der Waals surface area (Å²) in [6, 6.07) is 11.0. The predicted molar refractivity (Wildman–Crippen MR) is 80.6 cm³/mol. The van der Waals surface area contributed by atoms with E-state index in [1.165, 1.54) is 24.3 Å². The van der Waals surface area contributed by atoms with Gasteiger partial charge in [0.15, 0.2) is 0 Å². The number of nitrogens with zero attached hydrogens (tertiary/aromatic N) is 1. The van der Waals surface area contributed by atoms with Crippen molar-refractivity contribution >= 4 is 11.6 Å². The zero-order valence-electron chi connectivity index (χ0n) is 11.8. The van der Waals surface area contributed by atoms with Gasteiger partial charge in [0.1, 0.15) is 11.5 Å². The van der Waals surface area contributed by atoms with Crippen molar-refractivity contribution in [3.63, 3.8) is 0 Å². The molecule has 5 nitrogen and oxygen atoms in total. The van der Waals surface area contributed by atoms with E-state index < -0.39 is 0 Å². The summed E-state index contributed by atoms with van der Waals surface area (Å²) < 4.78 is 0. The topological polar surface area (TPSA) is 81.9 Å². The van der Waals surface area contributed by atoms with Crippen LogP contribution in [-0.4, -0.2) is 21.8 Å². The third kappa shape index (κ3) is 3.60. The maximum absolute atomic E-state index is 11.9. The van der Waals surface area contributed by atoms with Crippen molar-refractivity contribution in [2.24, 2.45) is 5.10 Å². The van der Waals surface area contributed by atoms with Gasteiger partial charge in [-0.1, -0.05) is 11.6 Å². The van der Waals surface area contributed by atoms with Gasteiger partial charge in [0.25, 0.3) is 5.91 Å². The average molecular weight is 284 g/mol. The number of amides is 1. The lowest BCUT2D eigenvalue weighted by molar-refractivity contribution is 0.0955. The van der Waals surface area contributed by atoms with Crippen molar-refractivity contribution in [2.45, 2.75) is 13.8 Å². The van der Waals surface area contributed by atoms with E-state index >= 15 is 0 Å². The van der Waals surface area contributed by atoms with E-state index in [1.807, 2.05) is 6.92 Å². The first-order chi connectivity index (χ1) is 9.97. The van der Waals surface area contributed by atoms with E-state index in [2.05, 4.69) is 10.5 Å². The molecule has 0 aliphatic heterocycles. The predicted octanol–water partition coefficient (Wildman–Crippen LogP) is 2.56. The van der Waals surface area contributed by atoms with Crippen LogP contribution in [-0.2, 0) is 0 Å². The quantitative estimate of drug-likeness (QED) is 0.598. The van der Waals surface area contributed by atoms with E-state index in [0.29, 0.717) is 16.8 Å². The van der Waals surface area contributed by atoms with Crippen LogP contribution in [0.5, 0.6) is 11.5 Å². The Labute approximate surface area is 122 Å². The Morgan fingerprint density at radius 2 is 1.76 bits per heavy atom. The number of carbonyl (C=O) groups is 1. The zero-order valence-corrected chi connectivity index (χ0v) is 11.8. The Hall–Kier alpha value is -2.82. The van der Waals surface area contributed by atoms with Crippen LogP contribution < -0.4 is 5.43 Å². The number of nitrogens with one attached hydrogen (secondary N) is 1. The summed E-state index contributed by atoms with van der Waals surface area (Å²) in [5, 5.41) is 23.0. The van der Waals surface area contributed by atoms with Crippen LogP contribution in [0.4, 0.5) is 0 Å². The molecule has 108 valence electrons. The number of carbonyl (C=O) groups excluding carboxylic acids is 1. The number of hydrazone groups is 1. The number of phenols is 2. The van der Waals surface area contributed by atoms with Crippen LogP contribution in [0.25, 0.3) is 0 Å². The molecule has 2 aromatic carbocycles. The van der Waals surface area contributed by atoms with Crippen LogP contribution in [0.2, 0.25) is 0 Å². The van der Waals surface area contributed by atoms with Crippen LogP contribution in [0.1, 0.15) is 28.4 Å². The molecule has 2 aromatic rings. The highest BCUT2D eigenvalue weighted by Gasteiger charge is 2.07. The maximum Gasteiger partial charge on any atom is 0.271 e.